The van der Waals surface area contributed by atoms with Crippen molar-refractivity contribution in [2.75, 3.05) is 0 Å². The minimum Gasteiger partial charge on any atom is -0.489 e. The molecule has 0 saturated heterocycles. The van der Waals surface area contributed by atoms with Crippen LogP contribution in [0.25, 0.3) is 0 Å². The van der Waals surface area contributed by atoms with E-state index in [0.29, 0.717) is 16.6 Å². The van der Waals surface area contributed by atoms with Crippen molar-refractivity contribution in [2.24, 2.45) is 0 Å². The molecule has 0 amide bonds. The SMILES string of the molecule is Fc1cccc(COc2cc(F)cc(CBr)c2)c1. The van der Waals surface area contributed by atoms with Crippen LogP contribution in [0.4, 0.5) is 8.78 Å². The van der Waals surface area contributed by atoms with Crippen molar-refractivity contribution in [3.63, 3.8) is 0 Å². The molecular formula is C14H11BrF2O. The Hall–Kier alpha value is -1.42. The van der Waals surface area contributed by atoms with Gasteiger partial charge in [0.2, 0.25) is 0 Å². The summed E-state index contributed by atoms with van der Waals surface area (Å²) in [6, 6.07) is 10.6. The molecule has 0 N–H and O–H groups in total. The summed E-state index contributed by atoms with van der Waals surface area (Å²) in [6.07, 6.45) is 0. The highest BCUT2D eigenvalue weighted by molar-refractivity contribution is 9.08. The summed E-state index contributed by atoms with van der Waals surface area (Å²) in [6.45, 7) is 0.211. The van der Waals surface area contributed by atoms with E-state index in [1.54, 1.807) is 18.2 Å². The molecule has 2 aromatic carbocycles. The molecule has 0 heterocycles. The van der Waals surface area contributed by atoms with Crippen LogP contribution in [0.1, 0.15) is 11.1 Å². The van der Waals surface area contributed by atoms with Crippen molar-refractivity contribution in [1.82, 2.24) is 0 Å². The fourth-order valence-electron chi connectivity index (χ4n) is 1.57. The largest absolute Gasteiger partial charge is 0.489 e. The fraction of sp³-hybridized carbons (Fsp3) is 0.143. The molecule has 0 saturated carbocycles. The summed E-state index contributed by atoms with van der Waals surface area (Å²) >= 11 is 3.26. The number of benzene rings is 2. The van der Waals surface area contributed by atoms with Crippen LogP contribution in [0, 0.1) is 11.6 Å². The Kier molecular flexibility index (Phi) is 4.31. The molecule has 0 aliphatic heterocycles. The average Bonchev–Trinajstić information content (AvgIpc) is 2.36. The summed E-state index contributed by atoms with van der Waals surface area (Å²) < 4.78 is 31.6. The predicted molar refractivity (Wildman–Crippen MR) is 69.8 cm³/mol. The average molecular weight is 313 g/mol. The van der Waals surface area contributed by atoms with E-state index in [9.17, 15) is 8.78 Å². The quantitative estimate of drug-likeness (QED) is 0.758. The Labute approximate surface area is 113 Å². The zero-order valence-electron chi connectivity index (χ0n) is 9.50. The van der Waals surface area contributed by atoms with Crippen molar-refractivity contribution in [1.29, 1.82) is 0 Å². The highest BCUT2D eigenvalue weighted by Crippen LogP contribution is 2.19. The molecule has 0 spiro atoms. The van der Waals surface area contributed by atoms with Gasteiger partial charge in [-0.2, -0.15) is 0 Å². The van der Waals surface area contributed by atoms with Crippen LogP contribution < -0.4 is 4.74 Å². The van der Waals surface area contributed by atoms with Crippen molar-refractivity contribution >= 4 is 15.9 Å². The standard InChI is InChI=1S/C14H11BrF2O/c15-8-11-5-13(17)7-14(6-11)18-9-10-2-1-3-12(16)4-10/h1-7H,8-9H2. The molecule has 2 aromatic rings. The fourth-order valence-corrected chi connectivity index (χ4v) is 1.90. The number of alkyl halides is 1. The Morgan fingerprint density at radius 2 is 1.72 bits per heavy atom. The van der Waals surface area contributed by atoms with Crippen molar-refractivity contribution in [3.05, 3.63) is 65.2 Å². The molecule has 0 aliphatic rings. The number of ether oxygens (including phenoxy) is 1. The minimum absolute atomic E-state index is 0.211. The third kappa shape index (κ3) is 3.53. The van der Waals surface area contributed by atoms with Crippen LogP contribution in [0.2, 0.25) is 0 Å². The molecule has 0 radical (unpaired) electrons. The van der Waals surface area contributed by atoms with E-state index in [1.807, 2.05) is 0 Å². The Morgan fingerprint density at radius 3 is 2.44 bits per heavy atom. The molecule has 0 bridgehead atoms. The van der Waals surface area contributed by atoms with E-state index in [0.717, 1.165) is 5.56 Å². The molecule has 0 fully saturated rings. The van der Waals surface area contributed by atoms with Crippen molar-refractivity contribution < 1.29 is 13.5 Å². The van der Waals surface area contributed by atoms with E-state index in [-0.39, 0.29) is 18.2 Å². The van der Waals surface area contributed by atoms with Gasteiger partial charge in [0.15, 0.2) is 0 Å². The van der Waals surface area contributed by atoms with Gasteiger partial charge < -0.3 is 4.74 Å². The van der Waals surface area contributed by atoms with Gasteiger partial charge in [0.05, 0.1) is 0 Å². The Bertz CT molecular complexity index is 543. The van der Waals surface area contributed by atoms with E-state index in [1.165, 1.54) is 24.3 Å². The predicted octanol–water partition coefficient (Wildman–Crippen LogP) is 4.44. The molecule has 0 aliphatic carbocycles. The summed E-state index contributed by atoms with van der Waals surface area (Å²) in [4.78, 5) is 0. The number of halogens is 3. The number of rotatable bonds is 4. The van der Waals surface area contributed by atoms with Gasteiger partial charge in [-0.05, 0) is 35.4 Å². The van der Waals surface area contributed by atoms with Crippen LogP contribution in [0.5, 0.6) is 5.75 Å². The van der Waals surface area contributed by atoms with Gasteiger partial charge in [-0.25, -0.2) is 8.78 Å². The first-order valence-electron chi connectivity index (χ1n) is 5.40. The highest BCUT2D eigenvalue weighted by atomic mass is 79.9. The molecule has 0 unspecified atom stereocenters. The summed E-state index contributed by atoms with van der Waals surface area (Å²) in [5.74, 6) is -0.216. The number of hydrogen-bond acceptors (Lipinski definition) is 1. The van der Waals surface area contributed by atoms with Crippen LogP contribution in [-0.4, -0.2) is 0 Å². The first-order valence-corrected chi connectivity index (χ1v) is 6.52. The lowest BCUT2D eigenvalue weighted by Gasteiger charge is -2.08. The van der Waals surface area contributed by atoms with Gasteiger partial charge in [-0.3, -0.25) is 0 Å². The smallest absolute Gasteiger partial charge is 0.127 e. The minimum atomic E-state index is -0.346. The van der Waals surface area contributed by atoms with Gasteiger partial charge in [-0.1, -0.05) is 28.1 Å². The molecule has 2 rings (SSSR count). The van der Waals surface area contributed by atoms with Crippen molar-refractivity contribution in [2.45, 2.75) is 11.9 Å². The molecule has 0 aromatic heterocycles. The molecule has 4 heteroatoms. The van der Waals surface area contributed by atoms with Crippen LogP contribution in [0.3, 0.4) is 0 Å². The van der Waals surface area contributed by atoms with E-state index >= 15 is 0 Å². The molecular weight excluding hydrogens is 302 g/mol. The third-order valence-corrected chi connectivity index (χ3v) is 3.03. The third-order valence-electron chi connectivity index (χ3n) is 2.38. The highest BCUT2D eigenvalue weighted by Gasteiger charge is 2.02. The van der Waals surface area contributed by atoms with E-state index in [2.05, 4.69) is 15.9 Å². The Morgan fingerprint density at radius 1 is 0.944 bits per heavy atom. The van der Waals surface area contributed by atoms with Gasteiger partial charge >= 0.3 is 0 Å². The molecule has 94 valence electrons. The second-order valence-electron chi connectivity index (χ2n) is 3.85. The molecule has 1 nitrogen and oxygen atoms in total. The first kappa shape index (κ1) is 13.0. The van der Waals surface area contributed by atoms with Gasteiger partial charge in [0.1, 0.15) is 24.0 Å². The zero-order valence-corrected chi connectivity index (χ0v) is 11.1. The number of hydrogen-bond donors (Lipinski definition) is 0. The lowest BCUT2D eigenvalue weighted by Crippen LogP contribution is -1.97. The van der Waals surface area contributed by atoms with Gasteiger partial charge in [0.25, 0.3) is 0 Å². The normalized spacial score (nSPS) is 10.4. The topological polar surface area (TPSA) is 9.23 Å². The summed E-state index contributed by atoms with van der Waals surface area (Å²) in [5, 5.41) is 0.557. The second-order valence-corrected chi connectivity index (χ2v) is 4.41. The summed E-state index contributed by atoms with van der Waals surface area (Å²) in [7, 11) is 0. The van der Waals surface area contributed by atoms with E-state index in [4.69, 9.17) is 4.74 Å². The van der Waals surface area contributed by atoms with Crippen LogP contribution in [-0.2, 0) is 11.9 Å². The van der Waals surface area contributed by atoms with E-state index < -0.39 is 0 Å². The van der Waals surface area contributed by atoms with Crippen molar-refractivity contribution in [3.8, 4) is 5.75 Å². The Balaban J connectivity index is 2.08. The maximum Gasteiger partial charge on any atom is 0.127 e. The lowest BCUT2D eigenvalue weighted by atomic mass is 10.2. The molecule has 0 atom stereocenters. The molecule has 18 heavy (non-hydrogen) atoms. The maximum atomic E-state index is 13.2. The monoisotopic (exact) mass is 312 g/mol. The van der Waals surface area contributed by atoms with Crippen LogP contribution in [0.15, 0.2) is 42.5 Å². The lowest BCUT2D eigenvalue weighted by molar-refractivity contribution is 0.303. The van der Waals surface area contributed by atoms with Gasteiger partial charge in [0, 0.05) is 11.4 Å². The van der Waals surface area contributed by atoms with Crippen LogP contribution >= 0.6 is 15.9 Å². The zero-order chi connectivity index (χ0) is 13.0. The second kappa shape index (κ2) is 5.96. The van der Waals surface area contributed by atoms with Gasteiger partial charge in [-0.15, -0.1) is 0 Å². The maximum absolute atomic E-state index is 13.2. The summed E-state index contributed by atoms with van der Waals surface area (Å²) in [5.41, 5.74) is 1.50. The first-order chi connectivity index (χ1) is 8.67.